The predicted octanol–water partition coefficient (Wildman–Crippen LogP) is 16.2. The van der Waals surface area contributed by atoms with Crippen molar-refractivity contribution >= 4 is 45.2 Å². The summed E-state index contributed by atoms with van der Waals surface area (Å²) in [5.41, 5.74) is 23.5. The predicted molar refractivity (Wildman–Crippen MR) is 300 cm³/mol. The van der Waals surface area contributed by atoms with Crippen molar-refractivity contribution in [2.45, 2.75) is 96.7 Å². The number of aromatic nitrogens is 2. The Bertz CT molecular complexity index is 3730. The minimum absolute atomic E-state index is 0.00553. The average molecular weight is 935 g/mol. The summed E-state index contributed by atoms with van der Waals surface area (Å²) in [6.07, 6.45) is 3.84. The van der Waals surface area contributed by atoms with Gasteiger partial charge in [-0.3, -0.25) is 9.97 Å². The highest BCUT2D eigenvalue weighted by Crippen LogP contribution is 2.53. The summed E-state index contributed by atoms with van der Waals surface area (Å²) in [6, 6.07) is 60.4. The van der Waals surface area contributed by atoms with Gasteiger partial charge in [-0.05, 0) is 159 Å². The third kappa shape index (κ3) is 6.39. The fourth-order valence-electron chi connectivity index (χ4n) is 12.7. The van der Waals surface area contributed by atoms with E-state index in [1.54, 1.807) is 0 Å². The quantitative estimate of drug-likeness (QED) is 0.131. The zero-order chi connectivity index (χ0) is 49.7. The Hall–Kier alpha value is -7.18. The van der Waals surface area contributed by atoms with Crippen molar-refractivity contribution in [2.24, 2.45) is 0 Å². The highest BCUT2D eigenvalue weighted by Gasteiger charge is 2.52. The molecule has 0 unspecified atom stereocenters. The van der Waals surface area contributed by atoms with Crippen LogP contribution in [-0.2, 0) is 25.6 Å². The Morgan fingerprint density at radius 1 is 0.319 bits per heavy atom. The average Bonchev–Trinajstić information content (AvgIpc) is 3.95. The van der Waals surface area contributed by atoms with Crippen molar-refractivity contribution < 1.29 is 9.31 Å². The second kappa shape index (κ2) is 15.4. The molecule has 0 atom stereocenters. The molecule has 0 radical (unpaired) electrons. The number of benzene rings is 8. The summed E-state index contributed by atoms with van der Waals surface area (Å²) in [5.74, 6) is 0. The van der Waals surface area contributed by atoms with E-state index in [1.165, 1.54) is 89.0 Å². The standard InChI is InChI=1S/C46H34N2.C21H25BO2/c1-45(2)39-15-7-5-11-29(39)31-19-17-27(23-41(31)45)35-25-37-38(43-33(35)13-9-21-47-43)26-36(34-14-10-22-48-44(34)37)28-18-20-32-30-12-6-8-16-40(30)46(3,4)42(32)24-28;1-19(2)17-10-8-7-9-15(17)16-12-11-14(13-18(16)19)22-23-20(3,4)21(5,6)24-22/h5-26H,1-4H3;7-13H,1-6H3. The van der Waals surface area contributed by atoms with E-state index in [1.807, 2.05) is 12.4 Å². The van der Waals surface area contributed by atoms with Gasteiger partial charge in [0.15, 0.2) is 0 Å². The van der Waals surface area contributed by atoms with E-state index in [2.05, 4.69) is 233 Å². The van der Waals surface area contributed by atoms with Crippen molar-refractivity contribution in [1.82, 2.24) is 9.97 Å². The molecule has 2 aromatic heterocycles. The molecule has 8 aromatic carbocycles. The third-order valence-electron chi connectivity index (χ3n) is 17.5. The number of hydrogen-bond donors (Lipinski definition) is 0. The summed E-state index contributed by atoms with van der Waals surface area (Å²) < 4.78 is 12.5. The van der Waals surface area contributed by atoms with Crippen LogP contribution in [0.3, 0.4) is 0 Å². The molecule has 3 heterocycles. The molecular formula is C67H59BN2O2. The Morgan fingerprint density at radius 3 is 1.10 bits per heavy atom. The van der Waals surface area contributed by atoms with Crippen LogP contribution in [0.4, 0.5) is 0 Å². The van der Waals surface area contributed by atoms with Crippen molar-refractivity contribution in [3.63, 3.8) is 0 Å². The van der Waals surface area contributed by atoms with E-state index in [0.717, 1.165) is 38.0 Å². The fourth-order valence-corrected chi connectivity index (χ4v) is 12.7. The minimum atomic E-state index is -0.310. The Balaban J connectivity index is 0.000000176. The van der Waals surface area contributed by atoms with Crippen LogP contribution in [0.25, 0.3) is 88.2 Å². The summed E-state index contributed by atoms with van der Waals surface area (Å²) >= 11 is 0. The lowest BCUT2D eigenvalue weighted by Crippen LogP contribution is -2.41. The van der Waals surface area contributed by atoms with Crippen LogP contribution in [0.15, 0.2) is 176 Å². The Morgan fingerprint density at radius 2 is 0.681 bits per heavy atom. The monoisotopic (exact) mass is 934 g/mol. The molecule has 3 aliphatic carbocycles. The maximum Gasteiger partial charge on any atom is 0.494 e. The lowest BCUT2D eigenvalue weighted by atomic mass is 9.74. The van der Waals surface area contributed by atoms with Crippen LogP contribution < -0.4 is 5.46 Å². The molecule has 1 saturated heterocycles. The van der Waals surface area contributed by atoms with Crippen molar-refractivity contribution in [3.8, 4) is 55.6 Å². The molecule has 4 aliphatic rings. The van der Waals surface area contributed by atoms with Crippen molar-refractivity contribution in [2.75, 3.05) is 0 Å². The molecule has 0 spiro atoms. The molecule has 10 aromatic rings. The second-order valence-corrected chi connectivity index (χ2v) is 23.2. The first-order valence-electron chi connectivity index (χ1n) is 25.6. The number of pyridine rings is 2. The van der Waals surface area contributed by atoms with Crippen LogP contribution in [0.2, 0.25) is 0 Å². The van der Waals surface area contributed by atoms with Crippen LogP contribution in [0.1, 0.15) is 103 Å². The lowest BCUT2D eigenvalue weighted by molar-refractivity contribution is 0.00578. The molecule has 352 valence electrons. The van der Waals surface area contributed by atoms with Crippen LogP contribution in [0.5, 0.6) is 0 Å². The van der Waals surface area contributed by atoms with Gasteiger partial charge in [0.2, 0.25) is 0 Å². The summed E-state index contributed by atoms with van der Waals surface area (Å²) in [7, 11) is -0.306. The molecule has 5 heteroatoms. The van der Waals surface area contributed by atoms with Gasteiger partial charge in [-0.2, -0.15) is 0 Å². The summed E-state index contributed by atoms with van der Waals surface area (Å²) in [6.45, 7) is 22.4. The molecule has 0 bridgehead atoms. The largest absolute Gasteiger partial charge is 0.494 e. The van der Waals surface area contributed by atoms with E-state index >= 15 is 0 Å². The van der Waals surface area contributed by atoms with E-state index in [-0.39, 0.29) is 34.6 Å². The zero-order valence-electron chi connectivity index (χ0n) is 43.0. The normalized spacial score (nSPS) is 17.4. The van der Waals surface area contributed by atoms with Gasteiger partial charge in [0.05, 0.1) is 22.2 Å². The van der Waals surface area contributed by atoms with Crippen LogP contribution in [-0.4, -0.2) is 28.3 Å². The molecule has 72 heavy (non-hydrogen) atoms. The molecule has 1 fully saturated rings. The number of rotatable bonds is 3. The van der Waals surface area contributed by atoms with Gasteiger partial charge in [-0.1, -0.05) is 169 Å². The van der Waals surface area contributed by atoms with Gasteiger partial charge in [0.1, 0.15) is 0 Å². The number of hydrogen-bond acceptors (Lipinski definition) is 4. The maximum absolute atomic E-state index is 6.23. The molecule has 0 N–H and O–H groups in total. The van der Waals surface area contributed by atoms with Crippen molar-refractivity contribution in [1.29, 1.82) is 0 Å². The Labute approximate surface area is 424 Å². The van der Waals surface area contributed by atoms with Gasteiger partial charge >= 0.3 is 7.12 Å². The van der Waals surface area contributed by atoms with E-state index in [4.69, 9.17) is 19.3 Å². The van der Waals surface area contributed by atoms with E-state index < -0.39 is 0 Å². The number of nitrogens with zero attached hydrogens (tertiary/aromatic N) is 2. The molecule has 0 amide bonds. The summed E-state index contributed by atoms with van der Waals surface area (Å²) in [4.78, 5) is 10.1. The number of fused-ring (bicyclic) bond motifs is 14. The topological polar surface area (TPSA) is 44.2 Å². The first kappa shape index (κ1) is 44.7. The molecule has 14 rings (SSSR count). The zero-order valence-corrected chi connectivity index (χ0v) is 43.0. The van der Waals surface area contributed by atoms with Gasteiger partial charge in [-0.25, -0.2) is 0 Å². The molecule has 4 nitrogen and oxygen atoms in total. The van der Waals surface area contributed by atoms with Crippen LogP contribution in [0, 0.1) is 0 Å². The van der Waals surface area contributed by atoms with Gasteiger partial charge in [-0.15, -0.1) is 0 Å². The maximum atomic E-state index is 6.23. The fraction of sp³-hybridized carbons (Fsp3) is 0.224. The molecule has 0 saturated carbocycles. The summed E-state index contributed by atoms with van der Waals surface area (Å²) in [5, 5.41) is 4.58. The highest BCUT2D eigenvalue weighted by molar-refractivity contribution is 6.62. The minimum Gasteiger partial charge on any atom is -0.399 e. The van der Waals surface area contributed by atoms with Crippen molar-refractivity contribution in [3.05, 3.63) is 210 Å². The van der Waals surface area contributed by atoms with Crippen LogP contribution >= 0.6 is 0 Å². The van der Waals surface area contributed by atoms with Gasteiger partial charge in [0, 0.05) is 50.2 Å². The van der Waals surface area contributed by atoms with Gasteiger partial charge < -0.3 is 9.31 Å². The third-order valence-corrected chi connectivity index (χ3v) is 17.5. The first-order valence-corrected chi connectivity index (χ1v) is 25.6. The Kier molecular flexibility index (Phi) is 9.58. The van der Waals surface area contributed by atoms with Gasteiger partial charge in [0.25, 0.3) is 0 Å². The first-order chi connectivity index (χ1) is 34.5. The smallest absolute Gasteiger partial charge is 0.399 e. The molecular weight excluding hydrogens is 876 g/mol. The lowest BCUT2D eigenvalue weighted by Gasteiger charge is -2.32. The van der Waals surface area contributed by atoms with E-state index in [9.17, 15) is 0 Å². The molecule has 1 aliphatic heterocycles. The SMILES string of the molecule is CC1(C)c2ccccc2-c2ccc(-c3cc4c(cc(-c5ccc6c(c5)C(C)(C)c5ccccc5-6)c5cccnc54)c4ncccc34)cc21.CC1(C)c2ccccc2-c2ccc(B3OC(C)(C)C(C)(C)O3)cc21. The highest BCUT2D eigenvalue weighted by atomic mass is 16.7. The van der Waals surface area contributed by atoms with E-state index in [0.29, 0.717) is 0 Å². The second-order valence-electron chi connectivity index (χ2n) is 23.2.